The van der Waals surface area contributed by atoms with Crippen LogP contribution >= 0.6 is 0 Å². The lowest BCUT2D eigenvalue weighted by molar-refractivity contribution is -0.118. The SMILES string of the molecule is CC(C)CC(N)=O.CC(C)Cc1ccn[nH]1.CC(C)Cc1cn[nH]n1.CC(C)Cc1ncc[nH]1. The number of hydrogen-bond acceptors (Lipinski definition) is 5. The average molecular weight is 475 g/mol. The lowest BCUT2D eigenvalue weighted by atomic mass is 10.1. The Morgan fingerprint density at radius 1 is 0.882 bits per heavy atom. The minimum Gasteiger partial charge on any atom is -0.370 e. The van der Waals surface area contributed by atoms with E-state index in [-0.39, 0.29) is 5.91 Å². The molecule has 9 heteroatoms. The number of H-pyrrole nitrogens is 3. The monoisotopic (exact) mass is 474 g/mol. The first-order valence-corrected chi connectivity index (χ1v) is 12.1. The van der Waals surface area contributed by atoms with E-state index in [0.29, 0.717) is 30.1 Å². The Morgan fingerprint density at radius 3 is 1.88 bits per heavy atom. The molecule has 5 N–H and O–H groups in total. The van der Waals surface area contributed by atoms with Crippen LogP contribution in [0.1, 0.15) is 79.0 Å². The van der Waals surface area contributed by atoms with E-state index in [9.17, 15) is 4.79 Å². The highest BCUT2D eigenvalue weighted by Gasteiger charge is 1.99. The lowest BCUT2D eigenvalue weighted by Crippen LogP contribution is -2.12. The van der Waals surface area contributed by atoms with Crippen molar-refractivity contribution in [3.05, 3.63) is 48.1 Å². The summed E-state index contributed by atoms with van der Waals surface area (Å²) in [6.07, 6.45) is 10.9. The third kappa shape index (κ3) is 19.7. The number of amides is 1. The molecule has 0 saturated heterocycles. The molecule has 0 saturated carbocycles. The van der Waals surface area contributed by atoms with Gasteiger partial charge in [0.2, 0.25) is 5.91 Å². The van der Waals surface area contributed by atoms with Crippen LogP contribution in [0.3, 0.4) is 0 Å². The number of primary amides is 1. The van der Waals surface area contributed by atoms with Gasteiger partial charge >= 0.3 is 0 Å². The highest BCUT2D eigenvalue weighted by molar-refractivity contribution is 5.73. The molecule has 3 rings (SSSR count). The van der Waals surface area contributed by atoms with Gasteiger partial charge in [0.1, 0.15) is 5.82 Å². The molecule has 0 aromatic carbocycles. The van der Waals surface area contributed by atoms with Gasteiger partial charge in [0.15, 0.2) is 0 Å². The molecule has 0 aliphatic rings. The van der Waals surface area contributed by atoms with E-state index in [1.54, 1.807) is 18.6 Å². The van der Waals surface area contributed by atoms with Gasteiger partial charge in [-0.1, -0.05) is 55.4 Å². The zero-order chi connectivity index (χ0) is 25.9. The average Bonchev–Trinajstić information content (AvgIpc) is 3.45. The Balaban J connectivity index is 0.000000430. The van der Waals surface area contributed by atoms with Gasteiger partial charge in [0.05, 0.1) is 11.9 Å². The van der Waals surface area contributed by atoms with Gasteiger partial charge in [-0.05, 0) is 42.6 Å². The van der Waals surface area contributed by atoms with Crippen molar-refractivity contribution in [2.45, 2.75) is 81.1 Å². The minimum absolute atomic E-state index is 0.213. The van der Waals surface area contributed by atoms with Crippen molar-refractivity contribution in [2.75, 3.05) is 0 Å². The molecule has 34 heavy (non-hydrogen) atoms. The summed E-state index contributed by atoms with van der Waals surface area (Å²) in [7, 11) is 0. The summed E-state index contributed by atoms with van der Waals surface area (Å²) in [4.78, 5) is 17.2. The van der Waals surface area contributed by atoms with Gasteiger partial charge in [0, 0.05) is 37.1 Å². The smallest absolute Gasteiger partial charge is 0.217 e. The van der Waals surface area contributed by atoms with Crippen molar-refractivity contribution >= 4 is 5.91 Å². The van der Waals surface area contributed by atoms with Crippen LogP contribution in [-0.2, 0) is 24.1 Å². The van der Waals surface area contributed by atoms with Gasteiger partial charge in [-0.2, -0.15) is 20.5 Å². The maximum atomic E-state index is 10.0. The predicted molar refractivity (Wildman–Crippen MR) is 138 cm³/mol. The van der Waals surface area contributed by atoms with E-state index in [0.717, 1.165) is 30.8 Å². The third-order valence-electron chi connectivity index (χ3n) is 4.03. The number of imidazole rings is 1. The minimum atomic E-state index is -0.213. The van der Waals surface area contributed by atoms with Gasteiger partial charge < -0.3 is 10.7 Å². The molecule has 0 aliphatic heterocycles. The molecule has 0 spiro atoms. The Kier molecular flexibility index (Phi) is 16.8. The fraction of sp³-hybridized carbons (Fsp3) is 0.640. The molecule has 3 aromatic rings. The summed E-state index contributed by atoms with van der Waals surface area (Å²) in [5.74, 6) is 3.34. The lowest BCUT2D eigenvalue weighted by Gasteiger charge is -1.98. The van der Waals surface area contributed by atoms with Crippen LogP contribution in [-0.4, -0.2) is 41.5 Å². The summed E-state index contributed by atoms with van der Waals surface area (Å²) in [6.45, 7) is 17.0. The Labute approximate surface area is 205 Å². The van der Waals surface area contributed by atoms with Gasteiger partial charge in [-0.25, -0.2) is 4.98 Å². The summed E-state index contributed by atoms with van der Waals surface area (Å²) in [6, 6.07) is 2.01. The van der Waals surface area contributed by atoms with Gasteiger partial charge in [0.25, 0.3) is 0 Å². The molecular weight excluding hydrogens is 428 g/mol. The van der Waals surface area contributed by atoms with Crippen LogP contribution in [0, 0.1) is 23.7 Å². The number of carbonyl (C=O) groups excluding carboxylic acids is 1. The number of aromatic nitrogens is 7. The Hall–Kier alpha value is -2.97. The van der Waals surface area contributed by atoms with E-state index in [1.807, 2.05) is 26.1 Å². The summed E-state index contributed by atoms with van der Waals surface area (Å²) < 4.78 is 0. The number of carbonyl (C=O) groups is 1. The molecule has 0 radical (unpaired) electrons. The normalized spacial score (nSPS) is 10.4. The van der Waals surface area contributed by atoms with Crippen molar-refractivity contribution in [3.8, 4) is 0 Å². The molecule has 3 heterocycles. The number of nitrogens with zero attached hydrogens (tertiary/aromatic N) is 4. The largest absolute Gasteiger partial charge is 0.370 e. The second-order valence-corrected chi connectivity index (χ2v) is 9.94. The van der Waals surface area contributed by atoms with Crippen LogP contribution in [0.15, 0.2) is 30.9 Å². The van der Waals surface area contributed by atoms with Crippen LogP contribution in [0.4, 0.5) is 0 Å². The standard InChI is InChI=1S/2C7H12N2.C6H11N3.C5H11NO/c1-6(2)5-7-8-3-4-9-7;1-6(2)5-7-3-4-8-9-7;1-5(2)3-6-4-7-9-8-6;1-4(2)3-5(6)7/h2*3-4,6H,5H2,1-2H3,(H,8,9);4-5H,3H2,1-2H3,(H,7,8,9);4H,3H2,1-2H3,(H2,6,7). The van der Waals surface area contributed by atoms with Crippen molar-refractivity contribution in [2.24, 2.45) is 29.4 Å². The maximum Gasteiger partial charge on any atom is 0.217 e. The van der Waals surface area contributed by atoms with E-state index in [2.05, 4.69) is 77.1 Å². The van der Waals surface area contributed by atoms with Crippen LogP contribution in [0.5, 0.6) is 0 Å². The fourth-order valence-corrected chi connectivity index (χ4v) is 2.78. The Morgan fingerprint density at radius 2 is 1.53 bits per heavy atom. The summed E-state index contributed by atoms with van der Waals surface area (Å²) >= 11 is 0. The molecular formula is C25H46N8O. The van der Waals surface area contributed by atoms with E-state index < -0.39 is 0 Å². The third-order valence-corrected chi connectivity index (χ3v) is 4.03. The second-order valence-electron chi connectivity index (χ2n) is 9.94. The van der Waals surface area contributed by atoms with Crippen molar-refractivity contribution < 1.29 is 4.79 Å². The molecule has 0 atom stereocenters. The summed E-state index contributed by atoms with van der Waals surface area (Å²) in [5.41, 5.74) is 7.13. The number of hydrogen-bond donors (Lipinski definition) is 4. The highest BCUT2D eigenvalue weighted by atomic mass is 16.1. The number of rotatable bonds is 8. The van der Waals surface area contributed by atoms with Crippen LogP contribution in [0.25, 0.3) is 0 Å². The molecule has 9 nitrogen and oxygen atoms in total. The second kappa shape index (κ2) is 18.5. The number of nitrogens with one attached hydrogen (secondary N) is 3. The number of nitrogens with two attached hydrogens (primary N) is 1. The molecule has 1 amide bonds. The zero-order valence-corrected chi connectivity index (χ0v) is 22.3. The molecule has 0 aliphatic carbocycles. The van der Waals surface area contributed by atoms with E-state index >= 15 is 0 Å². The molecule has 192 valence electrons. The van der Waals surface area contributed by atoms with Gasteiger partial charge in [-0.15, -0.1) is 0 Å². The Bertz CT molecular complexity index is 712. The zero-order valence-electron chi connectivity index (χ0n) is 22.3. The predicted octanol–water partition coefficient (Wildman–Crippen LogP) is 4.74. The number of aromatic amines is 3. The molecule has 0 fully saturated rings. The summed E-state index contributed by atoms with van der Waals surface area (Å²) in [5, 5.41) is 17.0. The quantitative estimate of drug-likeness (QED) is 0.373. The molecule has 0 unspecified atom stereocenters. The van der Waals surface area contributed by atoms with Crippen molar-refractivity contribution in [1.82, 2.24) is 35.6 Å². The van der Waals surface area contributed by atoms with Crippen molar-refractivity contribution in [3.63, 3.8) is 0 Å². The first-order chi connectivity index (χ1) is 16.0. The first-order valence-electron chi connectivity index (χ1n) is 12.1. The van der Waals surface area contributed by atoms with E-state index in [4.69, 9.17) is 5.73 Å². The topological polar surface area (TPSA) is 142 Å². The van der Waals surface area contributed by atoms with Crippen LogP contribution in [0.2, 0.25) is 0 Å². The molecule has 3 aromatic heterocycles. The first kappa shape index (κ1) is 31.0. The van der Waals surface area contributed by atoms with Gasteiger partial charge in [-0.3, -0.25) is 9.89 Å². The van der Waals surface area contributed by atoms with Crippen molar-refractivity contribution in [1.29, 1.82) is 0 Å². The maximum absolute atomic E-state index is 10.0. The fourth-order valence-electron chi connectivity index (χ4n) is 2.78. The van der Waals surface area contributed by atoms with Crippen LogP contribution < -0.4 is 5.73 Å². The highest BCUT2D eigenvalue weighted by Crippen LogP contribution is 2.03. The van der Waals surface area contributed by atoms with E-state index in [1.165, 1.54) is 5.69 Å². The molecule has 0 bridgehead atoms.